The molecule has 2 aromatic heterocycles. The van der Waals surface area contributed by atoms with Crippen molar-refractivity contribution >= 4 is 29.4 Å². The molecule has 5 nitrogen and oxygen atoms in total. The van der Waals surface area contributed by atoms with Crippen LogP contribution in [0.5, 0.6) is 0 Å². The van der Waals surface area contributed by atoms with Gasteiger partial charge in [-0.25, -0.2) is 15.0 Å². The third kappa shape index (κ3) is 1.55. The summed E-state index contributed by atoms with van der Waals surface area (Å²) in [4.78, 5) is 17.1. The van der Waals surface area contributed by atoms with E-state index in [2.05, 4.69) is 19.9 Å². The van der Waals surface area contributed by atoms with Crippen molar-refractivity contribution in [3.05, 3.63) is 12.7 Å². The molecule has 0 saturated heterocycles. The first-order chi connectivity index (χ1) is 5.79. The number of hydrogen-bond donors (Lipinski definition) is 1. The minimum Gasteiger partial charge on any atom is -0.361 e. The largest absolute Gasteiger partial charge is 0.361 e. The highest BCUT2D eigenvalue weighted by atomic mass is 35.5. The highest BCUT2D eigenvalue weighted by molar-refractivity contribution is 5.85. The minimum absolute atomic E-state index is 0. The monoisotopic (exact) mass is 199 g/mol. The standard InChI is InChI=1S/C7H9N5.ClH/c1-12(2)7-5-6(9-3-8-5)10-4-11-7;/h3-4H,1-2H3,(H,8,9,10,11);1H. The molecule has 0 fully saturated rings. The van der Waals surface area contributed by atoms with Crippen LogP contribution in [0.4, 0.5) is 5.82 Å². The van der Waals surface area contributed by atoms with Crippen LogP contribution >= 0.6 is 12.4 Å². The third-order valence-corrected chi connectivity index (χ3v) is 1.63. The molecule has 0 unspecified atom stereocenters. The second-order valence-corrected chi connectivity index (χ2v) is 2.69. The van der Waals surface area contributed by atoms with E-state index in [0.717, 1.165) is 11.3 Å². The number of aromatic amines is 1. The fourth-order valence-electron chi connectivity index (χ4n) is 1.09. The highest BCUT2D eigenvalue weighted by Gasteiger charge is 2.05. The smallest absolute Gasteiger partial charge is 0.182 e. The topological polar surface area (TPSA) is 57.7 Å². The zero-order valence-corrected chi connectivity index (χ0v) is 8.17. The van der Waals surface area contributed by atoms with Gasteiger partial charge in [0, 0.05) is 14.1 Å². The molecular weight excluding hydrogens is 190 g/mol. The molecule has 2 heterocycles. The van der Waals surface area contributed by atoms with Crippen molar-refractivity contribution < 1.29 is 0 Å². The van der Waals surface area contributed by atoms with E-state index in [1.165, 1.54) is 6.33 Å². The van der Waals surface area contributed by atoms with E-state index in [0.29, 0.717) is 5.65 Å². The third-order valence-electron chi connectivity index (χ3n) is 1.63. The van der Waals surface area contributed by atoms with Crippen LogP contribution in [0.25, 0.3) is 11.2 Å². The lowest BCUT2D eigenvalue weighted by Crippen LogP contribution is -2.11. The Bertz CT molecular complexity index is 396. The van der Waals surface area contributed by atoms with E-state index >= 15 is 0 Å². The van der Waals surface area contributed by atoms with Crippen LogP contribution in [0.2, 0.25) is 0 Å². The van der Waals surface area contributed by atoms with Gasteiger partial charge in [0.1, 0.15) is 11.8 Å². The second-order valence-electron chi connectivity index (χ2n) is 2.69. The predicted molar refractivity (Wildman–Crippen MR) is 53.3 cm³/mol. The van der Waals surface area contributed by atoms with Gasteiger partial charge in [0.05, 0.1) is 6.33 Å². The molecule has 6 heteroatoms. The number of nitrogens with one attached hydrogen (secondary N) is 1. The number of rotatable bonds is 1. The van der Waals surface area contributed by atoms with Crippen molar-refractivity contribution in [2.24, 2.45) is 0 Å². The van der Waals surface area contributed by atoms with Crippen molar-refractivity contribution in [1.82, 2.24) is 19.9 Å². The molecular formula is C7H10ClN5. The van der Waals surface area contributed by atoms with Gasteiger partial charge < -0.3 is 9.88 Å². The van der Waals surface area contributed by atoms with Gasteiger partial charge in [-0.15, -0.1) is 12.4 Å². The zero-order chi connectivity index (χ0) is 8.55. The molecule has 2 rings (SSSR count). The van der Waals surface area contributed by atoms with Crippen LogP contribution < -0.4 is 4.90 Å². The Balaban J connectivity index is 0.000000845. The Morgan fingerprint density at radius 1 is 1.23 bits per heavy atom. The molecule has 0 bridgehead atoms. The number of fused-ring (bicyclic) bond motifs is 1. The first-order valence-corrected chi connectivity index (χ1v) is 3.60. The molecule has 70 valence electrons. The van der Waals surface area contributed by atoms with Crippen LogP contribution in [-0.4, -0.2) is 34.0 Å². The van der Waals surface area contributed by atoms with Crippen LogP contribution in [0.1, 0.15) is 0 Å². The maximum atomic E-state index is 4.12. The highest BCUT2D eigenvalue weighted by Crippen LogP contribution is 2.16. The number of nitrogens with zero attached hydrogens (tertiary/aromatic N) is 4. The summed E-state index contributed by atoms with van der Waals surface area (Å²) in [6.45, 7) is 0. The molecule has 0 aliphatic rings. The molecule has 0 aliphatic carbocycles. The van der Waals surface area contributed by atoms with Gasteiger partial charge in [0.15, 0.2) is 11.5 Å². The van der Waals surface area contributed by atoms with Gasteiger partial charge in [-0.3, -0.25) is 0 Å². The van der Waals surface area contributed by atoms with E-state index in [-0.39, 0.29) is 12.4 Å². The summed E-state index contributed by atoms with van der Waals surface area (Å²) in [7, 11) is 3.87. The van der Waals surface area contributed by atoms with Gasteiger partial charge >= 0.3 is 0 Å². The summed E-state index contributed by atoms with van der Waals surface area (Å²) in [6, 6.07) is 0. The van der Waals surface area contributed by atoms with Crippen LogP contribution in [-0.2, 0) is 0 Å². The number of H-pyrrole nitrogens is 1. The Morgan fingerprint density at radius 3 is 2.69 bits per heavy atom. The lowest BCUT2D eigenvalue weighted by Gasteiger charge is -2.10. The molecule has 0 aliphatic heterocycles. The quantitative estimate of drug-likeness (QED) is 0.740. The normalized spacial score (nSPS) is 9.69. The molecule has 0 saturated carbocycles. The zero-order valence-electron chi connectivity index (χ0n) is 7.35. The first kappa shape index (κ1) is 9.73. The molecule has 0 radical (unpaired) electrons. The Kier molecular flexibility index (Phi) is 2.67. The summed E-state index contributed by atoms with van der Waals surface area (Å²) in [5.41, 5.74) is 1.58. The maximum Gasteiger partial charge on any atom is 0.182 e. The van der Waals surface area contributed by atoms with E-state index in [9.17, 15) is 0 Å². The number of anilines is 1. The SMILES string of the molecule is CN(C)c1ncnc2nc[nH]c12.Cl. The van der Waals surface area contributed by atoms with Gasteiger partial charge in [-0.05, 0) is 0 Å². The average molecular weight is 200 g/mol. The Labute approximate surface area is 81.6 Å². The fourth-order valence-corrected chi connectivity index (χ4v) is 1.09. The van der Waals surface area contributed by atoms with Crippen molar-refractivity contribution in [1.29, 1.82) is 0 Å². The Morgan fingerprint density at radius 2 is 2.00 bits per heavy atom. The lowest BCUT2D eigenvalue weighted by molar-refractivity contribution is 1.06. The maximum absolute atomic E-state index is 4.12. The summed E-state index contributed by atoms with van der Waals surface area (Å²) in [5.74, 6) is 0.859. The van der Waals surface area contributed by atoms with Crippen LogP contribution in [0.15, 0.2) is 12.7 Å². The molecule has 0 atom stereocenters. The first-order valence-electron chi connectivity index (χ1n) is 3.60. The predicted octanol–water partition coefficient (Wildman–Crippen LogP) is 0.841. The summed E-state index contributed by atoms with van der Waals surface area (Å²) < 4.78 is 0. The van der Waals surface area contributed by atoms with E-state index in [1.807, 2.05) is 19.0 Å². The van der Waals surface area contributed by atoms with Gasteiger partial charge in [0.25, 0.3) is 0 Å². The molecule has 13 heavy (non-hydrogen) atoms. The number of hydrogen-bond acceptors (Lipinski definition) is 4. The van der Waals surface area contributed by atoms with Crippen molar-refractivity contribution in [3.8, 4) is 0 Å². The van der Waals surface area contributed by atoms with E-state index in [4.69, 9.17) is 0 Å². The van der Waals surface area contributed by atoms with Gasteiger partial charge in [-0.2, -0.15) is 0 Å². The molecule has 1 N–H and O–H groups in total. The molecule has 0 amide bonds. The second kappa shape index (κ2) is 3.57. The van der Waals surface area contributed by atoms with Crippen molar-refractivity contribution in [2.75, 3.05) is 19.0 Å². The lowest BCUT2D eigenvalue weighted by atomic mass is 10.5. The van der Waals surface area contributed by atoms with Gasteiger partial charge in [-0.1, -0.05) is 0 Å². The summed E-state index contributed by atoms with van der Waals surface area (Å²) >= 11 is 0. The van der Waals surface area contributed by atoms with Crippen molar-refractivity contribution in [2.45, 2.75) is 0 Å². The summed E-state index contributed by atoms with van der Waals surface area (Å²) in [6.07, 6.45) is 3.13. The Hall–Kier alpha value is -1.36. The fraction of sp³-hybridized carbons (Fsp3) is 0.286. The van der Waals surface area contributed by atoms with E-state index in [1.54, 1.807) is 6.33 Å². The molecule has 0 spiro atoms. The van der Waals surface area contributed by atoms with Crippen molar-refractivity contribution in [3.63, 3.8) is 0 Å². The number of aromatic nitrogens is 4. The van der Waals surface area contributed by atoms with Crippen LogP contribution in [0.3, 0.4) is 0 Å². The van der Waals surface area contributed by atoms with E-state index < -0.39 is 0 Å². The summed E-state index contributed by atoms with van der Waals surface area (Å²) in [5, 5.41) is 0. The average Bonchev–Trinajstić information content (AvgIpc) is 2.49. The minimum atomic E-state index is 0. The van der Waals surface area contributed by atoms with Gasteiger partial charge in [0.2, 0.25) is 0 Å². The molecule has 0 aromatic carbocycles. The number of halogens is 1. The van der Waals surface area contributed by atoms with Crippen LogP contribution in [0, 0.1) is 0 Å². The number of imidazole rings is 1. The molecule has 2 aromatic rings.